The van der Waals surface area contributed by atoms with Crippen LogP contribution in [0.25, 0.3) is 0 Å². The highest BCUT2D eigenvalue weighted by molar-refractivity contribution is 5.35. The fourth-order valence-corrected chi connectivity index (χ4v) is 2.27. The Balaban J connectivity index is 2.17. The molecule has 6 nitrogen and oxygen atoms in total. The van der Waals surface area contributed by atoms with E-state index in [-0.39, 0.29) is 16.7 Å². The Kier molecular flexibility index (Phi) is 4.37. The summed E-state index contributed by atoms with van der Waals surface area (Å²) in [4.78, 5) is 12.6. The monoisotopic (exact) mass is 289 g/mol. The second kappa shape index (κ2) is 6.05. The summed E-state index contributed by atoms with van der Waals surface area (Å²) < 4.78 is 5.17. The summed E-state index contributed by atoms with van der Waals surface area (Å²) in [7, 11) is 1.98. The molecule has 1 aromatic carbocycles. The van der Waals surface area contributed by atoms with E-state index < -0.39 is 0 Å². The van der Waals surface area contributed by atoms with Crippen molar-refractivity contribution < 1.29 is 9.45 Å². The van der Waals surface area contributed by atoms with E-state index in [1.807, 2.05) is 33.9 Å². The van der Waals surface area contributed by atoms with Crippen LogP contribution in [0.1, 0.15) is 35.5 Å². The van der Waals surface area contributed by atoms with Crippen molar-refractivity contribution in [3.8, 4) is 0 Å². The molecule has 1 heterocycles. The number of nitrogens with zero attached hydrogens (tertiary/aromatic N) is 3. The van der Waals surface area contributed by atoms with Gasteiger partial charge in [-0.15, -0.1) is 0 Å². The van der Waals surface area contributed by atoms with Gasteiger partial charge in [0.25, 0.3) is 5.69 Å². The Labute approximate surface area is 123 Å². The highest BCUT2D eigenvalue weighted by Crippen LogP contribution is 2.25. The second-order valence-electron chi connectivity index (χ2n) is 5.25. The maximum atomic E-state index is 10.9. The van der Waals surface area contributed by atoms with Crippen LogP contribution in [-0.4, -0.2) is 22.0 Å². The average Bonchev–Trinajstić information content (AvgIpc) is 2.78. The summed E-state index contributed by atoms with van der Waals surface area (Å²) in [6, 6.07) is 6.80. The smallest absolute Gasteiger partial charge is 0.269 e. The molecule has 1 atom stereocenters. The lowest BCUT2D eigenvalue weighted by Gasteiger charge is -2.24. The fraction of sp³-hybridized carbons (Fsp3) is 0.400. The molecule has 112 valence electrons. The predicted molar refractivity (Wildman–Crippen MR) is 79.0 cm³/mol. The minimum atomic E-state index is -0.371. The molecule has 0 aliphatic carbocycles. The van der Waals surface area contributed by atoms with Gasteiger partial charge in [-0.25, -0.2) is 0 Å². The molecule has 2 aromatic rings. The molecule has 0 fully saturated rings. The van der Waals surface area contributed by atoms with Crippen molar-refractivity contribution in [1.29, 1.82) is 0 Å². The number of benzene rings is 1. The molecule has 1 aromatic heterocycles. The summed E-state index contributed by atoms with van der Waals surface area (Å²) in [5.74, 6) is 0.811. The first-order valence-corrected chi connectivity index (χ1v) is 6.76. The summed E-state index contributed by atoms with van der Waals surface area (Å²) in [5.41, 5.74) is 2.98. The summed E-state index contributed by atoms with van der Waals surface area (Å²) in [6.07, 6.45) is 0. The lowest BCUT2D eigenvalue weighted by Crippen LogP contribution is -2.22. The molecule has 0 aliphatic heterocycles. The van der Waals surface area contributed by atoms with Gasteiger partial charge in [0, 0.05) is 30.3 Å². The van der Waals surface area contributed by atoms with Crippen LogP contribution in [0, 0.1) is 24.0 Å². The van der Waals surface area contributed by atoms with Crippen LogP contribution in [0.2, 0.25) is 0 Å². The van der Waals surface area contributed by atoms with Crippen molar-refractivity contribution in [3.05, 3.63) is 57.0 Å². The van der Waals surface area contributed by atoms with Gasteiger partial charge in [0.05, 0.1) is 10.6 Å². The number of aryl methyl sites for hydroxylation is 2. The highest BCUT2D eigenvalue weighted by atomic mass is 16.6. The minimum absolute atomic E-state index is 0.0543. The average molecular weight is 289 g/mol. The minimum Gasteiger partial charge on any atom is -0.361 e. The SMILES string of the molecule is Cc1noc(C)c1CN(C)C(C)c1cccc([N+](=O)[O-])c1. The van der Waals surface area contributed by atoms with Gasteiger partial charge in [-0.3, -0.25) is 15.0 Å². The number of aromatic nitrogens is 1. The van der Waals surface area contributed by atoms with Crippen molar-refractivity contribution in [3.63, 3.8) is 0 Å². The normalized spacial score (nSPS) is 12.6. The number of nitro groups is 1. The fourth-order valence-electron chi connectivity index (χ4n) is 2.27. The van der Waals surface area contributed by atoms with Crippen LogP contribution >= 0.6 is 0 Å². The van der Waals surface area contributed by atoms with Crippen molar-refractivity contribution in [2.45, 2.75) is 33.4 Å². The molecule has 0 amide bonds. The van der Waals surface area contributed by atoms with E-state index in [0.717, 1.165) is 22.6 Å². The number of rotatable bonds is 5. The van der Waals surface area contributed by atoms with Crippen molar-refractivity contribution in [2.24, 2.45) is 0 Å². The van der Waals surface area contributed by atoms with Gasteiger partial charge in [0.1, 0.15) is 5.76 Å². The summed E-state index contributed by atoms with van der Waals surface area (Å²) >= 11 is 0. The standard InChI is InChI=1S/C15H19N3O3/c1-10-15(12(3)21-16-10)9-17(4)11(2)13-6-5-7-14(8-13)18(19)20/h5-8,11H,9H2,1-4H3. The zero-order chi connectivity index (χ0) is 15.6. The van der Waals surface area contributed by atoms with Crippen LogP contribution in [0.4, 0.5) is 5.69 Å². The zero-order valence-electron chi connectivity index (χ0n) is 12.7. The maximum Gasteiger partial charge on any atom is 0.269 e. The first-order valence-electron chi connectivity index (χ1n) is 6.76. The molecule has 21 heavy (non-hydrogen) atoms. The molecule has 1 unspecified atom stereocenters. The molecule has 0 N–H and O–H groups in total. The molecule has 0 aliphatic rings. The third-order valence-corrected chi connectivity index (χ3v) is 3.81. The van der Waals surface area contributed by atoms with Crippen molar-refractivity contribution >= 4 is 5.69 Å². The van der Waals surface area contributed by atoms with Gasteiger partial charge in [-0.1, -0.05) is 17.3 Å². The molecule has 6 heteroatoms. The topological polar surface area (TPSA) is 72.4 Å². The second-order valence-corrected chi connectivity index (χ2v) is 5.25. The Morgan fingerprint density at radius 1 is 1.43 bits per heavy atom. The first-order chi connectivity index (χ1) is 9.90. The Bertz CT molecular complexity index is 632. The molecule has 0 radical (unpaired) electrons. The molecule has 0 bridgehead atoms. The van der Waals surface area contributed by atoms with Crippen molar-refractivity contribution in [1.82, 2.24) is 10.1 Å². The van der Waals surface area contributed by atoms with Gasteiger partial charge in [0.2, 0.25) is 0 Å². The number of hydrogen-bond acceptors (Lipinski definition) is 5. The number of non-ortho nitro benzene ring substituents is 1. The van der Waals surface area contributed by atoms with Gasteiger partial charge >= 0.3 is 0 Å². The quantitative estimate of drug-likeness (QED) is 0.623. The van der Waals surface area contributed by atoms with E-state index in [1.54, 1.807) is 12.1 Å². The van der Waals surface area contributed by atoms with Crippen LogP contribution < -0.4 is 0 Å². The number of hydrogen-bond donors (Lipinski definition) is 0. The van der Waals surface area contributed by atoms with Gasteiger partial charge in [-0.05, 0) is 33.4 Å². The lowest BCUT2D eigenvalue weighted by atomic mass is 10.1. The van der Waals surface area contributed by atoms with Gasteiger partial charge < -0.3 is 4.52 Å². The highest BCUT2D eigenvalue weighted by Gasteiger charge is 2.18. The van der Waals surface area contributed by atoms with E-state index in [1.165, 1.54) is 6.07 Å². The van der Waals surface area contributed by atoms with Crippen molar-refractivity contribution in [2.75, 3.05) is 7.05 Å². The third-order valence-electron chi connectivity index (χ3n) is 3.81. The van der Waals surface area contributed by atoms with Crippen LogP contribution in [0.15, 0.2) is 28.8 Å². The van der Waals surface area contributed by atoms with E-state index >= 15 is 0 Å². The van der Waals surface area contributed by atoms with Crippen LogP contribution in [0.3, 0.4) is 0 Å². The predicted octanol–water partition coefficient (Wildman–Crippen LogP) is 3.39. The molecular formula is C15H19N3O3. The summed E-state index contributed by atoms with van der Waals surface area (Å²) in [5, 5.41) is 14.8. The van der Waals surface area contributed by atoms with Gasteiger partial charge in [-0.2, -0.15) is 0 Å². The lowest BCUT2D eigenvalue weighted by molar-refractivity contribution is -0.384. The zero-order valence-corrected chi connectivity index (χ0v) is 12.7. The van der Waals surface area contributed by atoms with E-state index in [0.29, 0.717) is 6.54 Å². The van der Waals surface area contributed by atoms with E-state index in [2.05, 4.69) is 10.1 Å². The Morgan fingerprint density at radius 3 is 2.71 bits per heavy atom. The Hall–Kier alpha value is -2.21. The third kappa shape index (κ3) is 3.28. The van der Waals surface area contributed by atoms with Crippen LogP contribution in [0.5, 0.6) is 0 Å². The van der Waals surface area contributed by atoms with E-state index in [9.17, 15) is 10.1 Å². The molecule has 2 rings (SSSR count). The number of nitro benzene ring substituents is 1. The largest absolute Gasteiger partial charge is 0.361 e. The first kappa shape index (κ1) is 15.2. The maximum absolute atomic E-state index is 10.9. The van der Waals surface area contributed by atoms with E-state index in [4.69, 9.17) is 4.52 Å². The molecule has 0 spiro atoms. The molecule has 0 saturated heterocycles. The van der Waals surface area contributed by atoms with Gasteiger partial charge in [0.15, 0.2) is 0 Å². The molecular weight excluding hydrogens is 270 g/mol. The Morgan fingerprint density at radius 2 is 2.14 bits per heavy atom. The summed E-state index contributed by atoms with van der Waals surface area (Å²) in [6.45, 7) is 6.52. The van der Waals surface area contributed by atoms with Crippen LogP contribution in [-0.2, 0) is 6.54 Å². The molecule has 0 saturated carbocycles.